The number of hydrogen-bond acceptors (Lipinski definition) is 3. The highest BCUT2D eigenvalue weighted by atomic mass is 32.1. The lowest BCUT2D eigenvalue weighted by molar-refractivity contribution is 0.102. The minimum absolute atomic E-state index is 0.137. The van der Waals surface area contributed by atoms with Gasteiger partial charge in [0.2, 0.25) is 0 Å². The lowest BCUT2D eigenvalue weighted by Crippen LogP contribution is -2.34. The van der Waals surface area contributed by atoms with Gasteiger partial charge >= 0.3 is 0 Å². The van der Waals surface area contributed by atoms with Crippen LogP contribution in [0.5, 0.6) is 0 Å². The first kappa shape index (κ1) is 20.6. The maximum Gasteiger partial charge on any atom is 0.255 e. The summed E-state index contributed by atoms with van der Waals surface area (Å²) in [7, 11) is 1.81. The molecule has 0 unspecified atom stereocenters. The van der Waals surface area contributed by atoms with Crippen molar-refractivity contribution < 1.29 is 4.79 Å². The van der Waals surface area contributed by atoms with Crippen LogP contribution in [0.3, 0.4) is 0 Å². The molecule has 0 bridgehead atoms. The predicted molar refractivity (Wildman–Crippen MR) is 116 cm³/mol. The van der Waals surface area contributed by atoms with Crippen LogP contribution in [0.2, 0.25) is 0 Å². The third kappa shape index (κ3) is 6.83. The van der Waals surface area contributed by atoms with Crippen molar-refractivity contribution in [3.63, 3.8) is 0 Å². The molecule has 5 nitrogen and oxygen atoms in total. The molecule has 0 radical (unpaired) electrons. The maximum atomic E-state index is 12.3. The number of nitrogens with zero attached hydrogens (tertiary/aromatic N) is 2. The Morgan fingerprint density at radius 1 is 1.22 bits per heavy atom. The van der Waals surface area contributed by atoms with Crippen molar-refractivity contribution in [3.8, 4) is 0 Å². The van der Waals surface area contributed by atoms with Crippen molar-refractivity contribution in [2.24, 2.45) is 5.10 Å². The normalized spacial score (nSPS) is 10.6. The van der Waals surface area contributed by atoms with E-state index >= 15 is 0 Å². The van der Waals surface area contributed by atoms with Gasteiger partial charge in [-0.25, -0.2) is 5.01 Å². The van der Waals surface area contributed by atoms with Gasteiger partial charge in [-0.2, -0.15) is 5.10 Å². The van der Waals surface area contributed by atoms with E-state index in [1.165, 1.54) is 0 Å². The smallest absolute Gasteiger partial charge is 0.255 e. The molecule has 0 heterocycles. The van der Waals surface area contributed by atoms with E-state index < -0.39 is 0 Å². The van der Waals surface area contributed by atoms with Crippen LogP contribution in [0.4, 0.5) is 5.69 Å². The molecule has 0 saturated heterocycles. The predicted octanol–water partition coefficient (Wildman–Crippen LogP) is 4.19. The van der Waals surface area contributed by atoms with Crippen LogP contribution < -0.4 is 10.6 Å². The monoisotopic (exact) mass is 382 g/mol. The molecule has 0 aliphatic carbocycles. The number of anilines is 1. The highest BCUT2D eigenvalue weighted by Gasteiger charge is 2.06. The molecule has 0 aromatic heterocycles. The molecular weight excluding hydrogens is 356 g/mol. The van der Waals surface area contributed by atoms with Crippen LogP contribution in [0.15, 0.2) is 53.6 Å². The number of aryl methyl sites for hydroxylation is 1. The third-order valence-electron chi connectivity index (χ3n) is 3.94. The van der Waals surface area contributed by atoms with E-state index in [4.69, 9.17) is 12.2 Å². The second-order valence-corrected chi connectivity index (χ2v) is 6.69. The Balaban J connectivity index is 1.97. The van der Waals surface area contributed by atoms with Gasteiger partial charge in [0.05, 0.1) is 6.21 Å². The van der Waals surface area contributed by atoms with Gasteiger partial charge in [0, 0.05) is 24.8 Å². The Hall–Kier alpha value is -2.73. The molecule has 0 spiro atoms. The molecule has 6 heteroatoms. The molecule has 0 saturated carbocycles. The zero-order valence-electron chi connectivity index (χ0n) is 16.0. The minimum atomic E-state index is -0.137. The number of unbranched alkanes of at least 4 members (excludes halogenated alkanes) is 1. The van der Waals surface area contributed by atoms with Gasteiger partial charge in [-0.15, -0.1) is 0 Å². The molecule has 2 aromatic carbocycles. The summed E-state index contributed by atoms with van der Waals surface area (Å²) in [6.07, 6.45) is 3.90. The van der Waals surface area contributed by atoms with Gasteiger partial charge in [0.15, 0.2) is 5.11 Å². The number of carbonyl (C=O) groups is 1. The summed E-state index contributed by atoms with van der Waals surface area (Å²) < 4.78 is 0. The van der Waals surface area contributed by atoms with Crippen LogP contribution in [0.25, 0.3) is 0 Å². The number of rotatable bonds is 7. The van der Waals surface area contributed by atoms with Crippen molar-refractivity contribution in [2.75, 3.05) is 18.9 Å². The summed E-state index contributed by atoms with van der Waals surface area (Å²) in [4.78, 5) is 12.3. The average Bonchev–Trinajstić information content (AvgIpc) is 2.67. The summed E-state index contributed by atoms with van der Waals surface area (Å²) in [6, 6.07) is 15.0. The summed E-state index contributed by atoms with van der Waals surface area (Å²) in [5.74, 6) is -0.137. The van der Waals surface area contributed by atoms with E-state index in [9.17, 15) is 4.79 Å². The number of carbonyl (C=O) groups excluding carboxylic acids is 1. The number of hydrazone groups is 1. The molecule has 2 N–H and O–H groups in total. The Kier molecular flexibility index (Phi) is 7.95. The standard InChI is InChI=1S/C21H26N4OS/c1-4-5-13-22-21(27)25(3)23-15-17-7-6-8-19(14-17)24-20(26)18-11-9-16(2)10-12-18/h6-12,14-15H,4-5,13H2,1-3H3,(H,22,27)(H,24,26)/b23-15-. The molecule has 0 atom stereocenters. The topological polar surface area (TPSA) is 56.7 Å². The average molecular weight is 383 g/mol. The van der Waals surface area contributed by atoms with Gasteiger partial charge in [-0.3, -0.25) is 4.79 Å². The fourth-order valence-corrected chi connectivity index (χ4v) is 2.45. The number of amides is 1. The molecule has 0 aliphatic heterocycles. The zero-order chi connectivity index (χ0) is 19.6. The van der Waals surface area contributed by atoms with E-state index in [1.807, 2.05) is 55.5 Å². The van der Waals surface area contributed by atoms with E-state index in [1.54, 1.807) is 18.3 Å². The molecule has 142 valence electrons. The van der Waals surface area contributed by atoms with Gasteiger partial charge in [-0.05, 0) is 55.4 Å². The molecule has 2 aromatic rings. The van der Waals surface area contributed by atoms with E-state index in [2.05, 4.69) is 22.7 Å². The zero-order valence-corrected chi connectivity index (χ0v) is 16.8. The second-order valence-electron chi connectivity index (χ2n) is 6.30. The molecular formula is C21H26N4OS. The maximum absolute atomic E-state index is 12.3. The molecule has 1 amide bonds. The van der Waals surface area contributed by atoms with E-state index in [0.29, 0.717) is 10.7 Å². The van der Waals surface area contributed by atoms with Crippen LogP contribution in [-0.4, -0.2) is 35.8 Å². The fourth-order valence-electron chi connectivity index (χ4n) is 2.30. The van der Waals surface area contributed by atoms with Crippen LogP contribution in [0, 0.1) is 6.92 Å². The highest BCUT2D eigenvalue weighted by Crippen LogP contribution is 2.12. The molecule has 0 fully saturated rings. The van der Waals surface area contributed by atoms with Gasteiger partial charge < -0.3 is 10.6 Å². The lowest BCUT2D eigenvalue weighted by atomic mass is 10.1. The third-order valence-corrected chi connectivity index (χ3v) is 4.35. The van der Waals surface area contributed by atoms with Gasteiger partial charge in [-0.1, -0.05) is 43.2 Å². The summed E-state index contributed by atoms with van der Waals surface area (Å²) >= 11 is 5.30. The Morgan fingerprint density at radius 3 is 2.67 bits per heavy atom. The highest BCUT2D eigenvalue weighted by molar-refractivity contribution is 7.80. The van der Waals surface area contributed by atoms with E-state index in [0.717, 1.165) is 36.2 Å². The number of hydrogen-bond donors (Lipinski definition) is 2. The summed E-state index contributed by atoms with van der Waals surface area (Å²) in [5.41, 5.74) is 3.34. The second kappa shape index (κ2) is 10.4. The summed E-state index contributed by atoms with van der Waals surface area (Å²) in [6.45, 7) is 4.97. The number of benzene rings is 2. The first-order valence-electron chi connectivity index (χ1n) is 9.03. The Morgan fingerprint density at radius 2 is 1.96 bits per heavy atom. The summed E-state index contributed by atoms with van der Waals surface area (Å²) in [5, 5.41) is 12.6. The minimum Gasteiger partial charge on any atom is -0.361 e. The number of thiocarbonyl (C=S) groups is 1. The lowest BCUT2D eigenvalue weighted by Gasteiger charge is -2.15. The Bertz CT molecular complexity index is 802. The Labute approximate surface area is 166 Å². The first-order valence-corrected chi connectivity index (χ1v) is 9.44. The molecule has 27 heavy (non-hydrogen) atoms. The van der Waals surface area contributed by atoms with Crippen LogP contribution >= 0.6 is 12.2 Å². The first-order chi connectivity index (χ1) is 13.0. The van der Waals surface area contributed by atoms with Gasteiger partial charge in [0.1, 0.15) is 0 Å². The van der Waals surface area contributed by atoms with Crippen LogP contribution in [-0.2, 0) is 0 Å². The van der Waals surface area contributed by atoms with Gasteiger partial charge in [0.25, 0.3) is 5.91 Å². The van der Waals surface area contributed by atoms with Crippen molar-refractivity contribution >= 4 is 35.1 Å². The van der Waals surface area contributed by atoms with Crippen LogP contribution in [0.1, 0.15) is 41.3 Å². The van der Waals surface area contributed by atoms with Crippen molar-refractivity contribution in [2.45, 2.75) is 26.7 Å². The van der Waals surface area contributed by atoms with E-state index in [-0.39, 0.29) is 5.91 Å². The quantitative estimate of drug-likeness (QED) is 0.326. The molecule has 0 aliphatic rings. The van der Waals surface area contributed by atoms with Crippen molar-refractivity contribution in [1.82, 2.24) is 10.3 Å². The molecule has 2 rings (SSSR count). The fraction of sp³-hybridized carbons (Fsp3) is 0.286. The largest absolute Gasteiger partial charge is 0.361 e. The SMILES string of the molecule is CCCCNC(=S)N(C)/N=C\c1cccc(NC(=O)c2ccc(C)cc2)c1. The number of nitrogens with one attached hydrogen (secondary N) is 2. The van der Waals surface area contributed by atoms with Crippen molar-refractivity contribution in [3.05, 3.63) is 65.2 Å². The van der Waals surface area contributed by atoms with Crippen molar-refractivity contribution in [1.29, 1.82) is 0 Å².